The lowest BCUT2D eigenvalue weighted by Crippen LogP contribution is -2.61. The van der Waals surface area contributed by atoms with E-state index in [0.29, 0.717) is 13.0 Å². The number of carbonyl (C=O) groups excluding carboxylic acids is 1. The molecule has 0 radical (unpaired) electrons. The summed E-state index contributed by atoms with van der Waals surface area (Å²) < 4.78 is 10.7. The van der Waals surface area contributed by atoms with Gasteiger partial charge in [-0.15, -0.1) is 0 Å². The van der Waals surface area contributed by atoms with Gasteiger partial charge < -0.3 is 40.2 Å². The maximum Gasteiger partial charge on any atom is 0.335 e. The van der Waals surface area contributed by atoms with Gasteiger partial charge in [-0.1, -0.05) is 0 Å². The van der Waals surface area contributed by atoms with Crippen LogP contribution < -0.4 is 10.1 Å². The normalized spacial score (nSPS) is 27.5. The fourth-order valence-electron chi connectivity index (χ4n) is 3.09. The minimum absolute atomic E-state index is 0.124. The highest BCUT2D eigenvalue weighted by Crippen LogP contribution is 2.28. The van der Waals surface area contributed by atoms with Crippen LogP contribution in [-0.4, -0.2) is 74.5 Å². The van der Waals surface area contributed by atoms with Crippen LogP contribution in [-0.2, 0) is 20.7 Å². The van der Waals surface area contributed by atoms with Crippen LogP contribution in [0.15, 0.2) is 24.4 Å². The SMILES string of the molecule is CC(=O)NCCc1c[nH]c2ccc(OC3O[C@H](C(=O)O)[C@@H](O)[C@H](O)[C@H]3O)cc12. The summed E-state index contributed by atoms with van der Waals surface area (Å²) in [5.74, 6) is -1.32. The van der Waals surface area contributed by atoms with Gasteiger partial charge in [0.05, 0.1) is 0 Å². The summed E-state index contributed by atoms with van der Waals surface area (Å²) >= 11 is 0. The molecule has 1 aliphatic heterocycles. The zero-order valence-electron chi connectivity index (χ0n) is 15.0. The van der Waals surface area contributed by atoms with Crippen molar-refractivity contribution in [3.63, 3.8) is 0 Å². The number of ether oxygens (including phenoxy) is 2. The predicted octanol–water partition coefficient (Wildman–Crippen LogP) is -0.882. The molecule has 28 heavy (non-hydrogen) atoms. The molecule has 6 N–H and O–H groups in total. The minimum Gasteiger partial charge on any atom is -0.479 e. The van der Waals surface area contributed by atoms with Crippen molar-refractivity contribution in [2.45, 2.75) is 44.1 Å². The Morgan fingerprint density at radius 3 is 2.64 bits per heavy atom. The Morgan fingerprint density at radius 1 is 1.21 bits per heavy atom. The monoisotopic (exact) mass is 394 g/mol. The number of hydrogen-bond acceptors (Lipinski definition) is 7. The van der Waals surface area contributed by atoms with Gasteiger partial charge in [-0.3, -0.25) is 4.79 Å². The smallest absolute Gasteiger partial charge is 0.335 e. The van der Waals surface area contributed by atoms with Crippen molar-refractivity contribution < 1.29 is 39.5 Å². The number of carboxylic acids is 1. The molecule has 1 aromatic carbocycles. The summed E-state index contributed by atoms with van der Waals surface area (Å²) in [5, 5.41) is 42.3. The molecule has 1 saturated heterocycles. The van der Waals surface area contributed by atoms with E-state index >= 15 is 0 Å². The van der Waals surface area contributed by atoms with Gasteiger partial charge in [0.1, 0.15) is 24.1 Å². The molecule has 0 saturated carbocycles. The number of nitrogens with one attached hydrogen (secondary N) is 2. The van der Waals surface area contributed by atoms with Crippen LogP contribution >= 0.6 is 0 Å². The van der Waals surface area contributed by atoms with Gasteiger partial charge in [0.15, 0.2) is 6.10 Å². The molecule has 1 aliphatic rings. The maximum absolute atomic E-state index is 11.2. The number of rotatable bonds is 6. The molecule has 10 nitrogen and oxygen atoms in total. The van der Waals surface area contributed by atoms with Crippen LogP contribution in [0.1, 0.15) is 12.5 Å². The Kier molecular flexibility index (Phi) is 5.84. The molecule has 2 heterocycles. The zero-order chi connectivity index (χ0) is 20.4. The Hall–Kier alpha value is -2.66. The molecule has 0 aliphatic carbocycles. The number of aliphatic hydroxyl groups excluding tert-OH is 3. The van der Waals surface area contributed by atoms with Crippen molar-refractivity contribution >= 4 is 22.8 Å². The second-order valence-corrected chi connectivity index (χ2v) is 6.61. The van der Waals surface area contributed by atoms with Gasteiger partial charge in [-0.25, -0.2) is 4.79 Å². The molecule has 0 bridgehead atoms. The molecule has 2 aromatic rings. The van der Waals surface area contributed by atoms with Crippen molar-refractivity contribution in [2.75, 3.05) is 6.54 Å². The van der Waals surface area contributed by atoms with Crippen molar-refractivity contribution in [3.05, 3.63) is 30.0 Å². The van der Waals surface area contributed by atoms with E-state index in [1.165, 1.54) is 6.92 Å². The highest BCUT2D eigenvalue weighted by molar-refractivity contribution is 5.84. The van der Waals surface area contributed by atoms with Gasteiger partial charge in [0.25, 0.3) is 0 Å². The van der Waals surface area contributed by atoms with E-state index in [1.54, 1.807) is 18.2 Å². The number of amides is 1. The van der Waals surface area contributed by atoms with Crippen molar-refractivity contribution in [2.24, 2.45) is 0 Å². The number of fused-ring (bicyclic) bond motifs is 1. The van der Waals surface area contributed by atoms with E-state index in [-0.39, 0.29) is 11.7 Å². The number of carboxylic acid groups (broad SMARTS) is 1. The first kappa shape index (κ1) is 20.1. The van der Waals surface area contributed by atoms with Gasteiger partial charge in [-0.2, -0.15) is 0 Å². The first-order valence-corrected chi connectivity index (χ1v) is 8.71. The van der Waals surface area contributed by atoms with E-state index < -0.39 is 36.7 Å². The summed E-state index contributed by atoms with van der Waals surface area (Å²) in [6.07, 6.45) is -5.96. The number of aliphatic carboxylic acids is 1. The second-order valence-electron chi connectivity index (χ2n) is 6.61. The largest absolute Gasteiger partial charge is 0.479 e. The third kappa shape index (κ3) is 4.09. The van der Waals surface area contributed by atoms with E-state index in [9.17, 15) is 24.9 Å². The summed E-state index contributed by atoms with van der Waals surface area (Å²) in [7, 11) is 0. The number of aliphatic hydroxyl groups is 3. The molecular weight excluding hydrogens is 372 g/mol. The Morgan fingerprint density at radius 2 is 1.96 bits per heavy atom. The molecule has 152 valence electrons. The van der Waals surface area contributed by atoms with Crippen LogP contribution in [0.3, 0.4) is 0 Å². The third-order valence-corrected chi connectivity index (χ3v) is 4.57. The molecule has 1 aromatic heterocycles. The third-order valence-electron chi connectivity index (χ3n) is 4.57. The summed E-state index contributed by atoms with van der Waals surface area (Å²) in [6, 6.07) is 5.01. The average Bonchev–Trinajstić information content (AvgIpc) is 3.04. The highest BCUT2D eigenvalue weighted by atomic mass is 16.7. The molecular formula is C18H22N2O8. The summed E-state index contributed by atoms with van der Waals surface area (Å²) in [5.41, 5.74) is 1.76. The van der Waals surface area contributed by atoms with E-state index in [1.807, 2.05) is 6.20 Å². The summed E-state index contributed by atoms with van der Waals surface area (Å²) in [4.78, 5) is 25.3. The standard InChI is InChI=1S/C18H22N2O8/c1-8(21)19-5-4-9-7-20-12-3-2-10(6-11(9)12)27-18-15(24)13(22)14(23)16(28-18)17(25)26/h2-3,6-7,13-16,18,20,22-24H,4-5H2,1H3,(H,19,21)(H,25,26)/t13-,14-,15+,16-,18?/m0/s1. The number of aromatic amines is 1. The molecule has 5 atom stereocenters. The molecule has 1 unspecified atom stereocenters. The van der Waals surface area contributed by atoms with Gasteiger partial charge in [-0.05, 0) is 30.2 Å². The lowest BCUT2D eigenvalue weighted by Gasteiger charge is -2.38. The zero-order valence-corrected chi connectivity index (χ0v) is 15.0. The first-order chi connectivity index (χ1) is 13.3. The molecule has 1 amide bonds. The van der Waals surface area contributed by atoms with E-state index in [0.717, 1.165) is 16.5 Å². The average molecular weight is 394 g/mol. The Balaban J connectivity index is 1.77. The molecule has 0 spiro atoms. The lowest BCUT2D eigenvalue weighted by molar-refractivity contribution is -0.271. The number of hydrogen-bond donors (Lipinski definition) is 6. The number of H-pyrrole nitrogens is 1. The van der Waals surface area contributed by atoms with Crippen LogP contribution in [0.4, 0.5) is 0 Å². The van der Waals surface area contributed by atoms with Crippen molar-refractivity contribution in [3.8, 4) is 5.75 Å². The summed E-state index contributed by atoms with van der Waals surface area (Å²) in [6.45, 7) is 1.90. The first-order valence-electron chi connectivity index (χ1n) is 8.71. The molecule has 1 fully saturated rings. The second kappa shape index (κ2) is 8.15. The van der Waals surface area contributed by atoms with Crippen molar-refractivity contribution in [1.29, 1.82) is 0 Å². The topological polar surface area (TPSA) is 161 Å². The molecule has 3 rings (SSSR count). The number of carbonyl (C=O) groups is 2. The van der Waals surface area contributed by atoms with Crippen LogP contribution in [0.5, 0.6) is 5.75 Å². The Labute approximate surface area is 159 Å². The molecule has 10 heteroatoms. The number of aromatic nitrogens is 1. The fourth-order valence-corrected chi connectivity index (χ4v) is 3.09. The van der Waals surface area contributed by atoms with Crippen molar-refractivity contribution in [1.82, 2.24) is 10.3 Å². The minimum atomic E-state index is -1.78. The van der Waals surface area contributed by atoms with Gasteiger partial charge in [0, 0.05) is 30.6 Å². The van der Waals surface area contributed by atoms with Crippen LogP contribution in [0.2, 0.25) is 0 Å². The predicted molar refractivity (Wildman–Crippen MR) is 95.6 cm³/mol. The van der Waals surface area contributed by atoms with Crippen LogP contribution in [0, 0.1) is 0 Å². The quantitative estimate of drug-likeness (QED) is 0.368. The van der Waals surface area contributed by atoms with E-state index in [2.05, 4.69) is 10.3 Å². The van der Waals surface area contributed by atoms with E-state index in [4.69, 9.17) is 14.6 Å². The fraction of sp³-hybridized carbons (Fsp3) is 0.444. The lowest BCUT2D eigenvalue weighted by atomic mass is 9.99. The highest BCUT2D eigenvalue weighted by Gasteiger charge is 2.48. The number of benzene rings is 1. The van der Waals surface area contributed by atoms with Crippen LogP contribution in [0.25, 0.3) is 10.9 Å². The maximum atomic E-state index is 11.2. The van der Waals surface area contributed by atoms with Gasteiger partial charge >= 0.3 is 5.97 Å². The van der Waals surface area contributed by atoms with Gasteiger partial charge in [0.2, 0.25) is 12.2 Å². The Bertz CT molecular complexity index is 866.